The van der Waals surface area contributed by atoms with Gasteiger partial charge in [-0.1, -0.05) is 25.4 Å². The molecule has 5 rings (SSSR count). The highest BCUT2D eigenvalue weighted by Crippen LogP contribution is 2.37. The van der Waals surface area contributed by atoms with Crippen LogP contribution in [0.2, 0.25) is 5.02 Å². The average molecular weight is 665 g/mol. The monoisotopic (exact) mass is 664 g/mol. The van der Waals surface area contributed by atoms with Crippen LogP contribution in [0.25, 0.3) is 10.9 Å². The number of anilines is 3. The normalized spacial score (nSPS) is 17.7. The fourth-order valence-corrected chi connectivity index (χ4v) is 6.59. The lowest BCUT2D eigenvalue weighted by Gasteiger charge is -2.35. The van der Waals surface area contributed by atoms with Crippen LogP contribution in [0.3, 0.4) is 0 Å². The summed E-state index contributed by atoms with van der Waals surface area (Å²) in [6.07, 6.45) is 5.64. The molecular weight excluding hydrogens is 620 g/mol. The number of imide groups is 1. The van der Waals surface area contributed by atoms with Crippen molar-refractivity contribution in [1.82, 2.24) is 31.2 Å². The van der Waals surface area contributed by atoms with Crippen molar-refractivity contribution in [2.75, 3.05) is 44.0 Å². The van der Waals surface area contributed by atoms with Crippen LogP contribution in [-0.2, 0) is 20.8 Å². The number of nitrogens with zero attached hydrogens (tertiary/aromatic N) is 3. The van der Waals surface area contributed by atoms with Gasteiger partial charge in [0.2, 0.25) is 17.7 Å². The number of carbonyl (C=O) groups excluding carboxylic acids is 3. The maximum Gasteiger partial charge on any atom is 0.249 e. The van der Waals surface area contributed by atoms with Crippen molar-refractivity contribution in [2.45, 2.75) is 71.0 Å². The molecule has 1 aromatic heterocycles. The highest BCUT2D eigenvalue weighted by Gasteiger charge is 2.39. The Morgan fingerprint density at radius 1 is 1.11 bits per heavy atom. The van der Waals surface area contributed by atoms with Crippen LogP contribution in [0.15, 0.2) is 36.7 Å². The molecule has 5 N–H and O–H groups in total. The van der Waals surface area contributed by atoms with Gasteiger partial charge in [-0.2, -0.15) is 0 Å². The van der Waals surface area contributed by atoms with Gasteiger partial charge in [0.05, 0.1) is 35.4 Å². The molecule has 0 radical (unpaired) electrons. The first-order valence-corrected chi connectivity index (χ1v) is 16.6. The predicted molar refractivity (Wildman–Crippen MR) is 184 cm³/mol. The molecule has 12 nitrogen and oxygen atoms in total. The summed E-state index contributed by atoms with van der Waals surface area (Å²) in [5, 5.41) is 16.3. The quantitative estimate of drug-likeness (QED) is 0.194. The second kappa shape index (κ2) is 14.8. The number of halogens is 1. The fourth-order valence-electron chi connectivity index (χ4n) is 6.29. The molecule has 3 amide bonds. The summed E-state index contributed by atoms with van der Waals surface area (Å²) in [6.45, 7) is 8.19. The van der Waals surface area contributed by atoms with E-state index in [4.69, 9.17) is 16.3 Å². The Kier molecular flexibility index (Phi) is 10.8. The molecular formula is C34H45ClN8O4. The maximum atomic E-state index is 13.7. The smallest absolute Gasteiger partial charge is 0.249 e. The van der Waals surface area contributed by atoms with Gasteiger partial charge < -0.3 is 30.9 Å². The van der Waals surface area contributed by atoms with Gasteiger partial charge in [-0.05, 0) is 87.9 Å². The Morgan fingerprint density at radius 2 is 1.87 bits per heavy atom. The summed E-state index contributed by atoms with van der Waals surface area (Å²) in [4.78, 5) is 50.9. The van der Waals surface area contributed by atoms with Crippen molar-refractivity contribution in [3.63, 3.8) is 0 Å². The average Bonchev–Trinajstić information content (AvgIpc) is 3.78. The first-order valence-electron chi connectivity index (χ1n) is 16.2. The summed E-state index contributed by atoms with van der Waals surface area (Å²) in [6, 6.07) is 7.68. The van der Waals surface area contributed by atoms with Gasteiger partial charge in [0.1, 0.15) is 23.9 Å². The van der Waals surface area contributed by atoms with Crippen molar-refractivity contribution < 1.29 is 19.1 Å². The maximum absolute atomic E-state index is 13.7. The van der Waals surface area contributed by atoms with E-state index in [-0.39, 0.29) is 5.91 Å². The van der Waals surface area contributed by atoms with Gasteiger partial charge >= 0.3 is 0 Å². The number of rotatable bonds is 12. The number of carbonyl (C=O) groups is 3. The Hall–Kier alpha value is -4.00. The van der Waals surface area contributed by atoms with Crippen molar-refractivity contribution in [1.29, 1.82) is 0 Å². The van der Waals surface area contributed by atoms with E-state index in [0.29, 0.717) is 34.9 Å². The minimum absolute atomic E-state index is 0.318. The summed E-state index contributed by atoms with van der Waals surface area (Å²) in [5.74, 6) is -0.152. The molecule has 0 unspecified atom stereocenters. The molecule has 47 heavy (non-hydrogen) atoms. The third-order valence-corrected chi connectivity index (χ3v) is 9.42. The third-order valence-electron chi connectivity index (χ3n) is 9.12. The van der Waals surface area contributed by atoms with E-state index in [1.54, 1.807) is 21.1 Å². The molecule has 3 atom stereocenters. The van der Waals surface area contributed by atoms with Crippen molar-refractivity contribution in [3.05, 3.63) is 47.2 Å². The zero-order valence-corrected chi connectivity index (χ0v) is 28.5. The SMILES string of the molecule is CN[C@@H](C)C(=O)N[C@H](C(=O)NC(=O)[C@@H]1CCCN1)C(C)(C)Cc1cc2c(Nc3ccc(N4CCCC4)c(Cl)c3)ncnc2cc1OC. The minimum atomic E-state index is -1.03. The van der Waals surface area contributed by atoms with Gasteiger partial charge in [0, 0.05) is 30.2 Å². The highest BCUT2D eigenvalue weighted by molar-refractivity contribution is 6.33. The van der Waals surface area contributed by atoms with Crippen LogP contribution in [0.4, 0.5) is 17.2 Å². The topological polar surface area (TPSA) is 150 Å². The lowest BCUT2D eigenvalue weighted by atomic mass is 9.77. The highest BCUT2D eigenvalue weighted by atomic mass is 35.5. The summed E-state index contributed by atoms with van der Waals surface area (Å²) in [5.41, 5.74) is 2.39. The third kappa shape index (κ3) is 7.94. The number of benzene rings is 2. The van der Waals surface area contributed by atoms with Gasteiger partial charge in [0.25, 0.3) is 0 Å². The number of ether oxygens (including phenoxy) is 1. The van der Waals surface area contributed by atoms with Gasteiger partial charge in [-0.15, -0.1) is 0 Å². The predicted octanol–water partition coefficient (Wildman–Crippen LogP) is 3.69. The zero-order valence-electron chi connectivity index (χ0n) is 27.7. The van der Waals surface area contributed by atoms with E-state index in [2.05, 4.69) is 41.5 Å². The Bertz CT molecular complexity index is 1620. The molecule has 2 aliphatic heterocycles. The molecule has 2 aliphatic rings. The van der Waals surface area contributed by atoms with Crippen LogP contribution in [0, 0.1) is 5.41 Å². The van der Waals surface area contributed by atoms with Crippen molar-refractivity contribution in [3.8, 4) is 5.75 Å². The summed E-state index contributed by atoms with van der Waals surface area (Å²) in [7, 11) is 3.25. The van der Waals surface area contributed by atoms with E-state index in [1.165, 1.54) is 6.33 Å². The van der Waals surface area contributed by atoms with Crippen LogP contribution < -0.4 is 36.2 Å². The van der Waals surface area contributed by atoms with E-state index in [1.807, 2.05) is 44.2 Å². The molecule has 2 aromatic carbocycles. The number of nitrogens with one attached hydrogen (secondary N) is 5. The van der Waals surface area contributed by atoms with E-state index in [9.17, 15) is 14.4 Å². The first kappa shape index (κ1) is 34.3. The van der Waals surface area contributed by atoms with Crippen LogP contribution >= 0.6 is 11.6 Å². The second-order valence-electron chi connectivity index (χ2n) is 13.0. The summed E-state index contributed by atoms with van der Waals surface area (Å²) >= 11 is 6.70. The largest absolute Gasteiger partial charge is 0.496 e. The zero-order chi connectivity index (χ0) is 33.7. The number of amides is 3. The van der Waals surface area contributed by atoms with E-state index in [0.717, 1.165) is 61.2 Å². The van der Waals surface area contributed by atoms with Gasteiger partial charge in [0.15, 0.2) is 0 Å². The Morgan fingerprint density at radius 3 is 2.53 bits per heavy atom. The van der Waals surface area contributed by atoms with E-state index >= 15 is 0 Å². The molecule has 3 aromatic rings. The summed E-state index contributed by atoms with van der Waals surface area (Å²) < 4.78 is 5.78. The van der Waals surface area contributed by atoms with Crippen molar-refractivity contribution in [2.24, 2.45) is 5.41 Å². The standard InChI is InChI=1S/C34H45ClN8O4/c1-20(36-4)31(44)41-29(33(46)42-32(45)25-9-8-12-37-25)34(2,3)18-21-15-23-26(17-28(21)47-5)38-19-39-30(23)40-22-10-11-27(24(35)16-22)43-13-6-7-14-43/h10-11,15-17,19-20,25,29,36-37H,6-9,12-14,18H2,1-5H3,(H,41,44)(H,38,39,40)(H,42,45,46)/t20-,25-,29+/m0/s1. The molecule has 0 bridgehead atoms. The van der Waals surface area contributed by atoms with Crippen LogP contribution in [0.5, 0.6) is 5.75 Å². The number of hydrogen-bond acceptors (Lipinski definition) is 10. The Labute approximate surface area is 280 Å². The van der Waals surface area contributed by atoms with Gasteiger partial charge in [-0.25, -0.2) is 9.97 Å². The minimum Gasteiger partial charge on any atom is -0.496 e. The second-order valence-corrected chi connectivity index (χ2v) is 13.4. The molecule has 252 valence electrons. The van der Waals surface area contributed by atoms with Crippen LogP contribution in [-0.4, -0.2) is 79.6 Å². The number of hydrogen-bond donors (Lipinski definition) is 5. The molecule has 2 fully saturated rings. The number of methoxy groups -OCH3 is 1. The number of aromatic nitrogens is 2. The molecule has 3 heterocycles. The number of likely N-dealkylation sites (N-methyl/N-ethyl adjacent to an activating group) is 1. The molecule has 2 saturated heterocycles. The van der Waals surface area contributed by atoms with Gasteiger partial charge in [-0.3, -0.25) is 19.7 Å². The van der Waals surface area contributed by atoms with Crippen LogP contribution in [0.1, 0.15) is 52.0 Å². The molecule has 0 aliphatic carbocycles. The molecule has 0 spiro atoms. The van der Waals surface area contributed by atoms with E-state index < -0.39 is 35.4 Å². The first-order chi connectivity index (χ1) is 22.5. The fraction of sp³-hybridized carbons (Fsp3) is 0.500. The lowest BCUT2D eigenvalue weighted by molar-refractivity contribution is -0.137. The Balaban J connectivity index is 1.44. The number of fused-ring (bicyclic) bond motifs is 1. The molecule has 0 saturated carbocycles. The molecule has 13 heteroatoms. The lowest BCUT2D eigenvalue weighted by Crippen LogP contribution is -2.59. The van der Waals surface area contributed by atoms with Crippen molar-refractivity contribution >= 4 is 57.4 Å².